The van der Waals surface area contributed by atoms with E-state index in [-0.39, 0.29) is 5.78 Å². The van der Waals surface area contributed by atoms with Crippen molar-refractivity contribution in [2.24, 2.45) is 7.05 Å². The van der Waals surface area contributed by atoms with E-state index in [2.05, 4.69) is 10.3 Å². The first-order chi connectivity index (χ1) is 7.22. The fourth-order valence-corrected chi connectivity index (χ4v) is 1.20. The molecule has 0 aliphatic carbocycles. The largest absolute Gasteiger partial charge is 0.381 e. The second-order valence-electron chi connectivity index (χ2n) is 3.46. The molecule has 0 unspecified atom stereocenters. The predicted octanol–water partition coefficient (Wildman–Crippen LogP) is 0.743. The molecular formula is C10H17N3O2. The van der Waals surface area contributed by atoms with Crippen molar-refractivity contribution in [1.29, 1.82) is 0 Å². The van der Waals surface area contributed by atoms with Crippen LogP contribution in [0.15, 0.2) is 6.20 Å². The SMILES string of the molecule is CCCOCCC(=O)Cc1cn(C)nn1. The number of hydrogen-bond donors (Lipinski definition) is 0. The van der Waals surface area contributed by atoms with Crippen LogP contribution in [0.2, 0.25) is 0 Å². The second-order valence-corrected chi connectivity index (χ2v) is 3.46. The summed E-state index contributed by atoms with van der Waals surface area (Å²) in [5.74, 6) is 0.145. The third-order valence-electron chi connectivity index (χ3n) is 1.90. The molecular weight excluding hydrogens is 194 g/mol. The van der Waals surface area contributed by atoms with E-state index in [4.69, 9.17) is 4.74 Å². The number of nitrogens with zero attached hydrogens (tertiary/aromatic N) is 3. The highest BCUT2D eigenvalue weighted by molar-refractivity contribution is 5.80. The third kappa shape index (κ3) is 4.69. The monoisotopic (exact) mass is 211 g/mol. The highest BCUT2D eigenvalue weighted by Gasteiger charge is 2.06. The lowest BCUT2D eigenvalue weighted by Gasteiger charge is -2.00. The van der Waals surface area contributed by atoms with E-state index < -0.39 is 0 Å². The molecule has 5 nitrogen and oxygen atoms in total. The summed E-state index contributed by atoms with van der Waals surface area (Å²) in [5.41, 5.74) is 0.720. The summed E-state index contributed by atoms with van der Waals surface area (Å²) in [6.07, 6.45) is 3.54. The summed E-state index contributed by atoms with van der Waals surface area (Å²) in [5, 5.41) is 7.61. The van der Waals surface area contributed by atoms with Gasteiger partial charge in [0.25, 0.3) is 0 Å². The van der Waals surface area contributed by atoms with Crippen molar-refractivity contribution in [3.63, 3.8) is 0 Å². The zero-order chi connectivity index (χ0) is 11.1. The van der Waals surface area contributed by atoms with Crippen LogP contribution in [0.5, 0.6) is 0 Å². The van der Waals surface area contributed by atoms with Gasteiger partial charge in [-0.15, -0.1) is 5.10 Å². The first-order valence-corrected chi connectivity index (χ1v) is 5.17. The molecule has 0 aliphatic heterocycles. The van der Waals surface area contributed by atoms with Crippen molar-refractivity contribution in [2.45, 2.75) is 26.2 Å². The van der Waals surface area contributed by atoms with Crippen LogP contribution in [0.3, 0.4) is 0 Å². The van der Waals surface area contributed by atoms with E-state index in [0.717, 1.165) is 18.7 Å². The number of ether oxygens (including phenoxy) is 1. The van der Waals surface area contributed by atoms with Crippen molar-refractivity contribution in [1.82, 2.24) is 15.0 Å². The molecule has 1 aromatic rings. The number of carbonyl (C=O) groups excluding carboxylic acids is 1. The van der Waals surface area contributed by atoms with Crippen LogP contribution in [-0.4, -0.2) is 34.0 Å². The topological polar surface area (TPSA) is 57.0 Å². The summed E-state index contributed by atoms with van der Waals surface area (Å²) >= 11 is 0. The normalized spacial score (nSPS) is 10.5. The van der Waals surface area contributed by atoms with Gasteiger partial charge in [0.1, 0.15) is 5.78 Å². The molecule has 84 valence electrons. The highest BCUT2D eigenvalue weighted by atomic mass is 16.5. The zero-order valence-electron chi connectivity index (χ0n) is 9.27. The van der Waals surface area contributed by atoms with Gasteiger partial charge in [-0.3, -0.25) is 9.48 Å². The number of rotatable bonds is 7. The van der Waals surface area contributed by atoms with E-state index in [9.17, 15) is 4.79 Å². The van der Waals surface area contributed by atoms with Crippen molar-refractivity contribution >= 4 is 5.78 Å². The van der Waals surface area contributed by atoms with Crippen LogP contribution in [0, 0.1) is 0 Å². The Balaban J connectivity index is 2.18. The molecule has 0 atom stereocenters. The van der Waals surface area contributed by atoms with Crippen molar-refractivity contribution in [3.05, 3.63) is 11.9 Å². The number of ketones is 1. The average Bonchev–Trinajstić information content (AvgIpc) is 2.59. The Kier molecular flexibility index (Phi) is 4.97. The van der Waals surface area contributed by atoms with Gasteiger partial charge in [0.2, 0.25) is 0 Å². The van der Waals surface area contributed by atoms with Crippen LogP contribution in [-0.2, 0) is 23.0 Å². The first-order valence-electron chi connectivity index (χ1n) is 5.17. The molecule has 0 N–H and O–H groups in total. The van der Waals surface area contributed by atoms with E-state index in [0.29, 0.717) is 19.4 Å². The number of aryl methyl sites for hydroxylation is 1. The van der Waals surface area contributed by atoms with Crippen LogP contribution >= 0.6 is 0 Å². The van der Waals surface area contributed by atoms with E-state index in [1.54, 1.807) is 17.9 Å². The molecule has 0 aliphatic rings. The molecule has 1 aromatic heterocycles. The maximum Gasteiger partial charge on any atom is 0.141 e. The number of aromatic nitrogens is 3. The molecule has 1 rings (SSSR count). The highest BCUT2D eigenvalue weighted by Crippen LogP contribution is 1.97. The summed E-state index contributed by atoms with van der Waals surface area (Å²) in [7, 11) is 1.78. The van der Waals surface area contributed by atoms with Crippen LogP contribution in [0.4, 0.5) is 0 Å². The fourth-order valence-electron chi connectivity index (χ4n) is 1.20. The smallest absolute Gasteiger partial charge is 0.141 e. The molecule has 0 aromatic carbocycles. The quantitative estimate of drug-likeness (QED) is 0.624. The number of carbonyl (C=O) groups is 1. The first kappa shape index (κ1) is 11.8. The Morgan fingerprint density at radius 1 is 1.53 bits per heavy atom. The second kappa shape index (κ2) is 6.29. The number of hydrogen-bond acceptors (Lipinski definition) is 4. The van der Waals surface area contributed by atoms with Gasteiger partial charge in [-0.25, -0.2) is 0 Å². The van der Waals surface area contributed by atoms with Gasteiger partial charge in [-0.05, 0) is 6.42 Å². The van der Waals surface area contributed by atoms with Crippen LogP contribution in [0.1, 0.15) is 25.5 Å². The molecule has 15 heavy (non-hydrogen) atoms. The Hall–Kier alpha value is -1.23. The Labute approximate surface area is 89.4 Å². The van der Waals surface area contributed by atoms with E-state index >= 15 is 0 Å². The van der Waals surface area contributed by atoms with Gasteiger partial charge in [0.05, 0.1) is 18.7 Å². The minimum absolute atomic E-state index is 0.145. The number of Topliss-reactive ketones (excluding diaryl/α,β-unsaturated/α-hetero) is 1. The maximum atomic E-state index is 11.4. The average molecular weight is 211 g/mol. The molecule has 1 heterocycles. The lowest BCUT2D eigenvalue weighted by Crippen LogP contribution is -2.07. The van der Waals surface area contributed by atoms with Gasteiger partial charge >= 0.3 is 0 Å². The summed E-state index contributed by atoms with van der Waals surface area (Å²) in [4.78, 5) is 11.4. The molecule has 0 radical (unpaired) electrons. The van der Waals surface area contributed by atoms with Crippen molar-refractivity contribution in [3.8, 4) is 0 Å². The summed E-state index contributed by atoms with van der Waals surface area (Å²) in [6, 6.07) is 0. The molecule has 0 saturated carbocycles. The molecule has 5 heteroatoms. The minimum atomic E-state index is 0.145. The minimum Gasteiger partial charge on any atom is -0.381 e. The van der Waals surface area contributed by atoms with Crippen LogP contribution in [0.25, 0.3) is 0 Å². The van der Waals surface area contributed by atoms with Gasteiger partial charge in [0.15, 0.2) is 0 Å². The lowest BCUT2D eigenvalue weighted by atomic mass is 10.2. The zero-order valence-corrected chi connectivity index (χ0v) is 9.27. The molecule has 0 saturated heterocycles. The van der Waals surface area contributed by atoms with Gasteiger partial charge < -0.3 is 4.74 Å². The van der Waals surface area contributed by atoms with Gasteiger partial charge in [0, 0.05) is 26.3 Å². The standard InChI is InChI=1S/C10H17N3O2/c1-3-5-15-6-4-10(14)7-9-8-13(2)12-11-9/h8H,3-7H2,1-2H3. The van der Waals surface area contributed by atoms with Crippen molar-refractivity contribution in [2.75, 3.05) is 13.2 Å². The maximum absolute atomic E-state index is 11.4. The van der Waals surface area contributed by atoms with Gasteiger partial charge in [-0.1, -0.05) is 12.1 Å². The lowest BCUT2D eigenvalue weighted by molar-refractivity contribution is -0.119. The molecule has 0 amide bonds. The predicted molar refractivity (Wildman–Crippen MR) is 55.4 cm³/mol. The van der Waals surface area contributed by atoms with Crippen LogP contribution < -0.4 is 0 Å². The Morgan fingerprint density at radius 3 is 2.93 bits per heavy atom. The third-order valence-corrected chi connectivity index (χ3v) is 1.90. The summed E-state index contributed by atoms with van der Waals surface area (Å²) < 4.78 is 6.83. The Bertz CT molecular complexity index is 309. The molecule has 0 bridgehead atoms. The van der Waals surface area contributed by atoms with Crippen molar-refractivity contribution < 1.29 is 9.53 Å². The van der Waals surface area contributed by atoms with E-state index in [1.165, 1.54) is 0 Å². The fraction of sp³-hybridized carbons (Fsp3) is 0.700. The Morgan fingerprint density at radius 2 is 2.33 bits per heavy atom. The molecule has 0 fully saturated rings. The van der Waals surface area contributed by atoms with E-state index in [1.807, 2.05) is 6.92 Å². The van der Waals surface area contributed by atoms with Gasteiger partial charge in [-0.2, -0.15) is 0 Å². The molecule has 0 spiro atoms. The summed E-state index contributed by atoms with van der Waals surface area (Å²) in [6.45, 7) is 3.27.